The monoisotopic (exact) mass is 456 g/mol. The molecule has 0 saturated carbocycles. The van der Waals surface area contributed by atoms with Crippen LogP contribution < -0.4 is 15.9 Å². The molecule has 0 fully saturated rings. The summed E-state index contributed by atoms with van der Waals surface area (Å²) in [7, 11) is 0. The van der Waals surface area contributed by atoms with Gasteiger partial charge >= 0.3 is 131 Å². The average Bonchev–Trinajstić information content (AvgIpc) is 2.56. The van der Waals surface area contributed by atoms with E-state index in [1.807, 2.05) is 0 Å². The molecule has 0 unspecified atom stereocenters. The molecule has 0 heterocycles. The third-order valence-electron chi connectivity index (χ3n) is 3.48. The van der Waals surface area contributed by atoms with Gasteiger partial charge in [0.1, 0.15) is 0 Å². The Hall–Kier alpha value is -1.26. The van der Waals surface area contributed by atoms with E-state index in [9.17, 15) is 0 Å². The van der Waals surface area contributed by atoms with E-state index in [1.54, 1.807) is 0 Å². The van der Waals surface area contributed by atoms with Crippen molar-refractivity contribution in [2.45, 2.75) is 0 Å². The molecule has 0 nitrogen and oxygen atoms in total. The van der Waals surface area contributed by atoms with Gasteiger partial charge in [-0.15, -0.1) is 0 Å². The molecule has 3 aromatic carbocycles. The first-order chi connectivity index (χ1) is 9.82. The topological polar surface area (TPSA) is 0 Å². The minimum atomic E-state index is -1.88. The molecular formula is C18H16IrP. The number of hydrogen-bond donors (Lipinski definition) is 0. The first-order valence-corrected chi connectivity index (χ1v) is 12.1. The van der Waals surface area contributed by atoms with Crippen molar-refractivity contribution in [3.8, 4) is 0 Å². The van der Waals surface area contributed by atoms with Gasteiger partial charge in [-0.1, -0.05) is 0 Å². The minimum absolute atomic E-state index is 1.46. The molecule has 3 aromatic rings. The first kappa shape index (κ1) is 13.7. The molecule has 0 saturated heterocycles. The number of hydrogen-bond acceptors (Lipinski definition) is 0. The van der Waals surface area contributed by atoms with Crippen molar-refractivity contribution in [2.75, 3.05) is 0 Å². The number of rotatable bonds is 3. The molecule has 0 aliphatic rings. The van der Waals surface area contributed by atoms with Gasteiger partial charge in [-0.3, -0.25) is 0 Å². The van der Waals surface area contributed by atoms with Gasteiger partial charge in [0.15, 0.2) is 0 Å². The second-order valence-corrected chi connectivity index (χ2v) is 13.1. The van der Waals surface area contributed by atoms with E-state index >= 15 is 0 Å². The van der Waals surface area contributed by atoms with Crippen molar-refractivity contribution in [2.24, 2.45) is 0 Å². The van der Waals surface area contributed by atoms with Crippen LogP contribution in [0, 0.1) is 0 Å². The zero-order chi connectivity index (χ0) is 13.8. The van der Waals surface area contributed by atoms with Gasteiger partial charge in [-0.05, 0) is 0 Å². The van der Waals surface area contributed by atoms with Gasteiger partial charge in [-0.25, -0.2) is 0 Å². The fourth-order valence-corrected chi connectivity index (χ4v) is 8.98. The molecule has 20 heavy (non-hydrogen) atoms. The van der Waals surface area contributed by atoms with Crippen LogP contribution in [0.25, 0.3) is 0 Å². The predicted molar refractivity (Wildman–Crippen MR) is 86.5 cm³/mol. The van der Waals surface area contributed by atoms with Crippen molar-refractivity contribution >= 4 is 21.4 Å². The summed E-state index contributed by atoms with van der Waals surface area (Å²) < 4.78 is 0. The van der Waals surface area contributed by atoms with E-state index in [0.29, 0.717) is 0 Å². The van der Waals surface area contributed by atoms with Crippen LogP contribution in [-0.4, -0.2) is 0 Å². The summed E-state index contributed by atoms with van der Waals surface area (Å²) in [5.74, 6) is 0. The van der Waals surface area contributed by atoms with E-state index < -0.39 is 5.50 Å². The second kappa shape index (κ2) is 6.02. The summed E-state index contributed by atoms with van der Waals surface area (Å²) in [4.78, 5) is 0. The van der Waals surface area contributed by atoms with Gasteiger partial charge < -0.3 is 0 Å². The average molecular weight is 456 g/mol. The van der Waals surface area contributed by atoms with Gasteiger partial charge in [-0.2, -0.15) is 0 Å². The summed E-state index contributed by atoms with van der Waals surface area (Å²) in [6, 6.07) is 32.8. The summed E-state index contributed by atoms with van der Waals surface area (Å²) in [6.45, 7) is 0. The van der Waals surface area contributed by atoms with Crippen molar-refractivity contribution in [3.63, 3.8) is 0 Å². The Morgan fingerprint density at radius 3 is 0.950 bits per heavy atom. The molecule has 0 aliphatic carbocycles. The Morgan fingerprint density at radius 1 is 0.450 bits per heavy atom. The molecule has 102 valence electrons. The quantitative estimate of drug-likeness (QED) is 0.533. The maximum absolute atomic E-state index is 2.44. The summed E-state index contributed by atoms with van der Waals surface area (Å²) in [5, 5.41) is 4.37. The number of benzene rings is 3. The Balaban J connectivity index is 2.24. The van der Waals surface area contributed by atoms with Crippen LogP contribution in [0.4, 0.5) is 0 Å². The first-order valence-electron chi connectivity index (χ1n) is 6.65. The van der Waals surface area contributed by atoms with Gasteiger partial charge in [0.2, 0.25) is 0 Å². The maximum atomic E-state index is 2.44. The molecule has 0 N–H and O–H groups in total. The predicted octanol–water partition coefficient (Wildman–Crippen LogP) is 3.17. The fraction of sp³-hybridized carbons (Fsp3) is 0. The Kier molecular flexibility index (Phi) is 4.13. The molecule has 0 atom stereocenters. The van der Waals surface area contributed by atoms with E-state index in [1.165, 1.54) is 15.9 Å². The van der Waals surface area contributed by atoms with Gasteiger partial charge in [0.25, 0.3) is 0 Å². The molecule has 0 aromatic heterocycles. The molecule has 0 bridgehead atoms. The molecule has 0 radical (unpaired) electrons. The van der Waals surface area contributed by atoms with Crippen LogP contribution >= 0.6 is 5.50 Å². The zero-order valence-electron chi connectivity index (χ0n) is 11.0. The van der Waals surface area contributed by atoms with Crippen LogP contribution in [-0.2, 0) is 18.4 Å². The Labute approximate surface area is 130 Å². The molecular weight excluding hydrogens is 439 g/mol. The molecule has 3 rings (SSSR count). The normalized spacial score (nSPS) is 12.1. The van der Waals surface area contributed by atoms with E-state index in [4.69, 9.17) is 0 Å². The van der Waals surface area contributed by atoms with Gasteiger partial charge in [0.05, 0.1) is 0 Å². The molecule has 2 heteroatoms. The van der Waals surface area contributed by atoms with Crippen molar-refractivity contribution < 1.29 is 18.4 Å². The van der Waals surface area contributed by atoms with Crippen LogP contribution in [0.3, 0.4) is 0 Å². The Morgan fingerprint density at radius 2 is 0.700 bits per heavy atom. The van der Waals surface area contributed by atoms with Crippen molar-refractivity contribution in [1.29, 1.82) is 0 Å². The third kappa shape index (κ3) is 2.50. The Bertz CT molecular complexity index is 569. The van der Waals surface area contributed by atoms with Crippen molar-refractivity contribution in [3.05, 3.63) is 91.0 Å². The third-order valence-corrected chi connectivity index (χ3v) is 13.0. The molecule has 0 spiro atoms. The summed E-state index contributed by atoms with van der Waals surface area (Å²) in [6.07, 6.45) is 0. The van der Waals surface area contributed by atoms with E-state index in [0.717, 1.165) is 0 Å². The fourth-order valence-electron chi connectivity index (χ4n) is 2.48. The van der Waals surface area contributed by atoms with E-state index in [-0.39, 0.29) is 0 Å². The summed E-state index contributed by atoms with van der Waals surface area (Å²) >= 11 is 2.44. The van der Waals surface area contributed by atoms with Crippen LogP contribution in [0.5, 0.6) is 0 Å². The molecule has 0 aliphatic heterocycles. The second-order valence-electron chi connectivity index (χ2n) is 4.72. The SMILES string of the molecule is [Ir][PH](c1ccccc1)(c1ccccc1)c1ccccc1. The van der Waals surface area contributed by atoms with E-state index in [2.05, 4.69) is 109 Å². The van der Waals surface area contributed by atoms with Crippen LogP contribution in [0.2, 0.25) is 0 Å². The zero-order valence-corrected chi connectivity index (χ0v) is 14.4. The molecule has 0 amide bonds. The van der Waals surface area contributed by atoms with Crippen LogP contribution in [0.1, 0.15) is 0 Å². The standard InChI is InChI=1S/C18H15P.Ir/c1-4-10-16(11-5-1)19(17-12-6-2-7-13-17)18-14-8-3-9-15-18;/h1-15H;/q;-1/p+1. The van der Waals surface area contributed by atoms with Crippen molar-refractivity contribution in [1.82, 2.24) is 0 Å². The summed E-state index contributed by atoms with van der Waals surface area (Å²) in [5.41, 5.74) is -1.88. The van der Waals surface area contributed by atoms with Crippen LogP contribution in [0.15, 0.2) is 91.0 Å². The van der Waals surface area contributed by atoms with Gasteiger partial charge in [0, 0.05) is 0 Å².